The van der Waals surface area contributed by atoms with Crippen LogP contribution in [0.2, 0.25) is 0 Å². The molecule has 3 aromatic rings. The molecular weight excluding hydrogens is 292 g/mol. The maximum absolute atomic E-state index is 9.48. The quantitative estimate of drug-likeness (QED) is 0.693. The first-order chi connectivity index (χ1) is 11.3. The molecule has 0 saturated heterocycles. The summed E-state index contributed by atoms with van der Waals surface area (Å²) in [4.78, 5) is 0. The van der Waals surface area contributed by atoms with Crippen molar-refractivity contribution in [3.8, 4) is 17.6 Å². The van der Waals surface area contributed by atoms with Gasteiger partial charge in [0.1, 0.15) is 17.3 Å². The van der Waals surface area contributed by atoms with E-state index in [1.807, 2.05) is 30.3 Å². The highest BCUT2D eigenvalue weighted by molar-refractivity contribution is 5.86. The number of benzene rings is 2. The Hall–Kier alpha value is -3.33. The first-order valence-electron chi connectivity index (χ1n) is 6.91. The molecule has 6 heteroatoms. The van der Waals surface area contributed by atoms with Crippen LogP contribution in [0.5, 0.6) is 11.5 Å². The Bertz CT molecular complexity index is 922. The maximum Gasteiger partial charge on any atom is 0.161 e. The van der Waals surface area contributed by atoms with E-state index in [2.05, 4.69) is 16.4 Å². The first kappa shape index (κ1) is 14.6. The number of hydrogen-bond donors (Lipinski definition) is 0. The first-order valence-corrected chi connectivity index (χ1v) is 6.91. The number of aromatic nitrogens is 3. The van der Waals surface area contributed by atoms with Gasteiger partial charge in [-0.3, -0.25) is 0 Å². The van der Waals surface area contributed by atoms with E-state index < -0.39 is 0 Å². The van der Waals surface area contributed by atoms with Crippen LogP contribution in [-0.2, 0) is 0 Å². The summed E-state index contributed by atoms with van der Waals surface area (Å²) in [6, 6.07) is 15.1. The molecule has 0 atom stereocenters. The van der Waals surface area contributed by atoms with Crippen molar-refractivity contribution >= 4 is 22.8 Å². The Kier molecular flexibility index (Phi) is 3.93. The summed E-state index contributed by atoms with van der Waals surface area (Å²) in [5.74, 6) is 1.23. The fourth-order valence-corrected chi connectivity index (χ4v) is 2.29. The van der Waals surface area contributed by atoms with Gasteiger partial charge in [-0.1, -0.05) is 23.4 Å². The van der Waals surface area contributed by atoms with E-state index in [1.165, 1.54) is 4.68 Å². The molecule has 3 rings (SSSR count). The van der Waals surface area contributed by atoms with Gasteiger partial charge in [-0.15, -0.1) is 5.10 Å². The predicted molar refractivity (Wildman–Crippen MR) is 86.9 cm³/mol. The summed E-state index contributed by atoms with van der Waals surface area (Å²) in [5.41, 5.74) is 2.69. The Balaban J connectivity index is 2.08. The molecule has 0 aliphatic heterocycles. The van der Waals surface area contributed by atoms with Crippen LogP contribution in [0.1, 0.15) is 5.56 Å². The molecule has 0 N–H and O–H groups in total. The van der Waals surface area contributed by atoms with E-state index in [9.17, 15) is 5.26 Å². The van der Waals surface area contributed by atoms with Crippen LogP contribution in [0.4, 0.5) is 0 Å². The molecule has 0 saturated carbocycles. The molecule has 0 spiro atoms. The summed E-state index contributed by atoms with van der Waals surface area (Å²) in [6.45, 7) is 0. The van der Waals surface area contributed by atoms with Crippen molar-refractivity contribution in [1.29, 1.82) is 5.26 Å². The number of hydrogen-bond acceptors (Lipinski definition) is 5. The van der Waals surface area contributed by atoms with E-state index in [-0.39, 0.29) is 0 Å². The number of nitrogens with zero attached hydrogens (tertiary/aromatic N) is 4. The van der Waals surface area contributed by atoms with Crippen LogP contribution in [0.3, 0.4) is 0 Å². The SMILES string of the molecule is COc1ccc(C=C(C#N)n2nnc3ccccc32)cc1OC. The molecule has 23 heavy (non-hydrogen) atoms. The van der Waals surface area contributed by atoms with Crippen molar-refractivity contribution in [3.05, 3.63) is 48.0 Å². The van der Waals surface area contributed by atoms with Crippen LogP contribution >= 0.6 is 0 Å². The van der Waals surface area contributed by atoms with Gasteiger partial charge in [0.2, 0.25) is 0 Å². The zero-order valence-corrected chi connectivity index (χ0v) is 12.7. The van der Waals surface area contributed by atoms with Crippen LogP contribution in [-0.4, -0.2) is 29.2 Å². The molecule has 0 bridgehead atoms. The van der Waals surface area contributed by atoms with Crippen molar-refractivity contribution in [3.63, 3.8) is 0 Å². The lowest BCUT2D eigenvalue weighted by molar-refractivity contribution is 0.355. The topological polar surface area (TPSA) is 73.0 Å². The summed E-state index contributed by atoms with van der Waals surface area (Å²) >= 11 is 0. The lowest BCUT2D eigenvalue weighted by atomic mass is 10.1. The molecule has 0 amide bonds. The normalized spacial score (nSPS) is 11.3. The minimum Gasteiger partial charge on any atom is -0.493 e. The van der Waals surface area contributed by atoms with Crippen LogP contribution in [0.15, 0.2) is 42.5 Å². The van der Waals surface area contributed by atoms with Crippen molar-refractivity contribution in [2.45, 2.75) is 0 Å². The van der Waals surface area contributed by atoms with E-state index in [1.54, 1.807) is 32.4 Å². The molecule has 0 aliphatic carbocycles. The molecule has 1 aromatic heterocycles. The Morgan fingerprint density at radius 3 is 2.65 bits per heavy atom. The molecule has 1 heterocycles. The van der Waals surface area contributed by atoms with Crippen LogP contribution in [0, 0.1) is 11.3 Å². The minimum atomic E-state index is 0.367. The van der Waals surface area contributed by atoms with Crippen molar-refractivity contribution in [1.82, 2.24) is 15.0 Å². The van der Waals surface area contributed by atoms with E-state index in [0.717, 1.165) is 16.6 Å². The second kappa shape index (κ2) is 6.20. The molecule has 0 unspecified atom stereocenters. The Morgan fingerprint density at radius 2 is 1.91 bits per heavy atom. The molecule has 6 nitrogen and oxygen atoms in total. The molecule has 2 aromatic carbocycles. The van der Waals surface area contributed by atoms with Gasteiger partial charge in [-0.25, -0.2) is 4.68 Å². The van der Waals surface area contributed by atoms with Gasteiger partial charge in [0, 0.05) is 0 Å². The second-order valence-corrected chi connectivity index (χ2v) is 4.75. The predicted octanol–water partition coefficient (Wildman–Crippen LogP) is 2.97. The van der Waals surface area contributed by atoms with Crippen molar-refractivity contribution < 1.29 is 9.47 Å². The van der Waals surface area contributed by atoms with E-state index in [0.29, 0.717) is 17.2 Å². The zero-order chi connectivity index (χ0) is 16.2. The average molecular weight is 306 g/mol. The molecule has 0 aliphatic rings. The number of nitriles is 1. The third-order valence-corrected chi connectivity index (χ3v) is 3.41. The largest absolute Gasteiger partial charge is 0.493 e. The standard InChI is InChI=1S/C17H14N4O2/c1-22-16-8-7-12(10-17(16)23-2)9-13(11-18)21-15-6-4-3-5-14(15)19-20-21/h3-10H,1-2H3. The molecule has 0 radical (unpaired) electrons. The van der Waals surface area contributed by atoms with Crippen molar-refractivity contribution in [2.75, 3.05) is 14.2 Å². The monoisotopic (exact) mass is 306 g/mol. The summed E-state index contributed by atoms with van der Waals surface area (Å²) in [6.07, 6.45) is 1.73. The van der Waals surface area contributed by atoms with Gasteiger partial charge in [0.25, 0.3) is 0 Å². The van der Waals surface area contributed by atoms with Gasteiger partial charge in [-0.05, 0) is 35.9 Å². The lowest BCUT2D eigenvalue weighted by Crippen LogP contribution is -1.98. The lowest BCUT2D eigenvalue weighted by Gasteiger charge is -2.08. The highest BCUT2D eigenvalue weighted by atomic mass is 16.5. The van der Waals surface area contributed by atoms with Gasteiger partial charge >= 0.3 is 0 Å². The Labute approximate surface area is 133 Å². The minimum absolute atomic E-state index is 0.367. The number of rotatable bonds is 4. The van der Waals surface area contributed by atoms with Gasteiger partial charge in [0.15, 0.2) is 11.5 Å². The van der Waals surface area contributed by atoms with E-state index >= 15 is 0 Å². The van der Waals surface area contributed by atoms with Crippen molar-refractivity contribution in [2.24, 2.45) is 0 Å². The molecule has 114 valence electrons. The Morgan fingerprint density at radius 1 is 1.13 bits per heavy atom. The number of para-hydroxylation sites is 1. The highest BCUT2D eigenvalue weighted by Gasteiger charge is 2.09. The summed E-state index contributed by atoms with van der Waals surface area (Å²) < 4.78 is 12.0. The molecule has 0 fully saturated rings. The van der Waals surface area contributed by atoms with E-state index in [4.69, 9.17) is 9.47 Å². The van der Waals surface area contributed by atoms with Gasteiger partial charge < -0.3 is 9.47 Å². The average Bonchev–Trinajstić information content (AvgIpc) is 3.03. The second-order valence-electron chi connectivity index (χ2n) is 4.75. The third kappa shape index (κ3) is 2.72. The number of allylic oxidation sites excluding steroid dienone is 1. The fraction of sp³-hybridized carbons (Fsp3) is 0.118. The molecular formula is C17H14N4O2. The zero-order valence-electron chi connectivity index (χ0n) is 12.7. The van der Waals surface area contributed by atoms with Gasteiger partial charge in [0.05, 0.1) is 19.7 Å². The summed E-state index contributed by atoms with van der Waals surface area (Å²) in [5, 5.41) is 17.6. The van der Waals surface area contributed by atoms with Crippen LogP contribution in [0.25, 0.3) is 22.8 Å². The summed E-state index contributed by atoms with van der Waals surface area (Å²) in [7, 11) is 3.15. The fourth-order valence-electron chi connectivity index (χ4n) is 2.29. The number of ether oxygens (including phenoxy) is 2. The highest BCUT2D eigenvalue weighted by Crippen LogP contribution is 2.29. The smallest absolute Gasteiger partial charge is 0.161 e. The maximum atomic E-state index is 9.48. The van der Waals surface area contributed by atoms with Crippen LogP contribution < -0.4 is 9.47 Å². The number of fused-ring (bicyclic) bond motifs is 1. The third-order valence-electron chi connectivity index (χ3n) is 3.41. The van der Waals surface area contributed by atoms with Gasteiger partial charge in [-0.2, -0.15) is 5.26 Å². The number of methoxy groups -OCH3 is 2.